The summed E-state index contributed by atoms with van der Waals surface area (Å²) in [6.07, 6.45) is 5.00. The Hall–Kier alpha value is -1.06. The lowest BCUT2D eigenvalue weighted by Gasteiger charge is -2.07. The molecular formula is C15H25NO2. The summed E-state index contributed by atoms with van der Waals surface area (Å²) in [5.41, 5.74) is 6.71. The van der Waals surface area contributed by atoms with Crippen LogP contribution in [0.15, 0.2) is 24.3 Å². The molecule has 0 amide bonds. The van der Waals surface area contributed by atoms with Crippen LogP contribution in [-0.2, 0) is 11.2 Å². The largest absolute Gasteiger partial charge is 0.491 e. The Bertz CT molecular complexity index is 298. The lowest BCUT2D eigenvalue weighted by molar-refractivity contribution is 0.106. The molecule has 18 heavy (non-hydrogen) atoms. The molecule has 0 saturated carbocycles. The van der Waals surface area contributed by atoms with Gasteiger partial charge in [-0.05, 0) is 30.5 Å². The second-order valence-corrected chi connectivity index (χ2v) is 4.35. The van der Waals surface area contributed by atoms with Gasteiger partial charge in [0.05, 0.1) is 13.2 Å². The molecule has 0 aliphatic heterocycles. The second kappa shape index (κ2) is 9.92. The predicted octanol–water partition coefficient (Wildman–Crippen LogP) is 2.77. The Kier molecular flexibility index (Phi) is 8.26. The average molecular weight is 251 g/mol. The van der Waals surface area contributed by atoms with E-state index in [9.17, 15) is 0 Å². The molecule has 0 spiro atoms. The van der Waals surface area contributed by atoms with Crippen LogP contribution in [0.5, 0.6) is 5.75 Å². The number of hydrogen-bond acceptors (Lipinski definition) is 3. The summed E-state index contributed by atoms with van der Waals surface area (Å²) in [6, 6.07) is 8.35. The smallest absolute Gasteiger partial charge is 0.119 e. The molecule has 0 bridgehead atoms. The summed E-state index contributed by atoms with van der Waals surface area (Å²) >= 11 is 0. The Morgan fingerprint density at radius 3 is 2.44 bits per heavy atom. The quantitative estimate of drug-likeness (QED) is 0.650. The van der Waals surface area contributed by atoms with Gasteiger partial charge in [-0.25, -0.2) is 0 Å². The minimum atomic E-state index is 0.562. The third kappa shape index (κ3) is 6.62. The molecule has 1 aromatic rings. The first-order chi connectivity index (χ1) is 8.86. The van der Waals surface area contributed by atoms with Crippen LogP contribution >= 0.6 is 0 Å². The molecule has 0 heterocycles. The first-order valence-electron chi connectivity index (χ1n) is 6.86. The Morgan fingerprint density at radius 1 is 1.00 bits per heavy atom. The van der Waals surface area contributed by atoms with E-state index in [1.807, 2.05) is 12.1 Å². The molecular weight excluding hydrogens is 226 g/mol. The molecule has 2 N–H and O–H groups in total. The third-order valence-corrected chi connectivity index (χ3v) is 2.75. The molecule has 3 nitrogen and oxygen atoms in total. The zero-order valence-electron chi connectivity index (χ0n) is 11.4. The molecule has 0 aliphatic rings. The van der Waals surface area contributed by atoms with Crippen molar-refractivity contribution >= 4 is 0 Å². The van der Waals surface area contributed by atoms with Gasteiger partial charge in [0.2, 0.25) is 0 Å². The van der Waals surface area contributed by atoms with Crippen LogP contribution in [0.4, 0.5) is 0 Å². The van der Waals surface area contributed by atoms with Gasteiger partial charge in [-0.3, -0.25) is 0 Å². The molecule has 0 aliphatic carbocycles. The topological polar surface area (TPSA) is 44.5 Å². The molecule has 1 aromatic carbocycles. The summed E-state index contributed by atoms with van der Waals surface area (Å²) in [6.45, 7) is 4.56. The number of aryl methyl sites for hydroxylation is 1. The summed E-state index contributed by atoms with van der Waals surface area (Å²) in [5.74, 6) is 0.908. The van der Waals surface area contributed by atoms with Crippen molar-refractivity contribution in [2.45, 2.75) is 32.6 Å². The van der Waals surface area contributed by atoms with E-state index >= 15 is 0 Å². The fourth-order valence-electron chi connectivity index (χ4n) is 1.74. The number of unbranched alkanes of at least 4 members (excludes halogenated alkanes) is 2. The minimum absolute atomic E-state index is 0.562. The lowest BCUT2D eigenvalue weighted by atomic mass is 10.1. The van der Waals surface area contributed by atoms with Crippen LogP contribution in [0, 0.1) is 0 Å². The highest BCUT2D eigenvalue weighted by atomic mass is 16.5. The van der Waals surface area contributed by atoms with Crippen molar-refractivity contribution in [3.8, 4) is 5.75 Å². The van der Waals surface area contributed by atoms with E-state index in [1.54, 1.807) is 0 Å². The molecule has 0 fully saturated rings. The molecule has 102 valence electrons. The molecule has 0 radical (unpaired) electrons. The van der Waals surface area contributed by atoms with Crippen molar-refractivity contribution in [2.75, 3.05) is 26.4 Å². The van der Waals surface area contributed by atoms with E-state index in [0.717, 1.165) is 12.2 Å². The van der Waals surface area contributed by atoms with E-state index in [1.165, 1.54) is 24.8 Å². The van der Waals surface area contributed by atoms with E-state index in [2.05, 4.69) is 19.1 Å². The first-order valence-corrected chi connectivity index (χ1v) is 6.86. The molecule has 0 saturated heterocycles. The van der Waals surface area contributed by atoms with Crippen LogP contribution in [-0.4, -0.2) is 26.4 Å². The fraction of sp³-hybridized carbons (Fsp3) is 0.600. The highest BCUT2D eigenvalue weighted by Gasteiger charge is 1.96. The van der Waals surface area contributed by atoms with Crippen LogP contribution in [0.2, 0.25) is 0 Å². The maximum Gasteiger partial charge on any atom is 0.119 e. The SMILES string of the molecule is CCCCCc1ccc(OCCOCCN)cc1. The highest BCUT2D eigenvalue weighted by Crippen LogP contribution is 2.14. The predicted molar refractivity (Wildman–Crippen MR) is 75.0 cm³/mol. The highest BCUT2D eigenvalue weighted by molar-refractivity contribution is 5.27. The van der Waals surface area contributed by atoms with E-state index in [4.69, 9.17) is 15.2 Å². The van der Waals surface area contributed by atoms with Crippen molar-refractivity contribution < 1.29 is 9.47 Å². The van der Waals surface area contributed by atoms with Gasteiger partial charge in [0.1, 0.15) is 12.4 Å². The van der Waals surface area contributed by atoms with Gasteiger partial charge in [0.25, 0.3) is 0 Å². The monoisotopic (exact) mass is 251 g/mol. The van der Waals surface area contributed by atoms with Gasteiger partial charge >= 0.3 is 0 Å². The number of hydrogen-bond donors (Lipinski definition) is 1. The van der Waals surface area contributed by atoms with E-state index < -0.39 is 0 Å². The number of benzene rings is 1. The molecule has 0 atom stereocenters. The van der Waals surface area contributed by atoms with Crippen molar-refractivity contribution in [1.82, 2.24) is 0 Å². The Morgan fingerprint density at radius 2 is 1.78 bits per heavy atom. The van der Waals surface area contributed by atoms with Crippen LogP contribution in [0.1, 0.15) is 31.7 Å². The maximum absolute atomic E-state index is 5.57. The van der Waals surface area contributed by atoms with Gasteiger partial charge in [-0.15, -0.1) is 0 Å². The Labute approximate surface area is 110 Å². The van der Waals surface area contributed by atoms with E-state index in [-0.39, 0.29) is 0 Å². The summed E-state index contributed by atoms with van der Waals surface area (Å²) < 4.78 is 10.8. The normalized spacial score (nSPS) is 10.6. The zero-order chi connectivity index (χ0) is 13.1. The van der Waals surface area contributed by atoms with Crippen LogP contribution < -0.4 is 10.5 Å². The van der Waals surface area contributed by atoms with Crippen molar-refractivity contribution in [3.63, 3.8) is 0 Å². The maximum atomic E-state index is 5.57. The zero-order valence-corrected chi connectivity index (χ0v) is 11.4. The van der Waals surface area contributed by atoms with Gasteiger partial charge < -0.3 is 15.2 Å². The molecule has 3 heteroatoms. The number of ether oxygens (including phenoxy) is 2. The summed E-state index contributed by atoms with van der Waals surface area (Å²) in [7, 11) is 0. The molecule has 1 rings (SSSR count). The Balaban J connectivity index is 2.19. The van der Waals surface area contributed by atoms with Crippen molar-refractivity contribution in [2.24, 2.45) is 5.73 Å². The second-order valence-electron chi connectivity index (χ2n) is 4.35. The standard InChI is InChI=1S/C15H25NO2/c1-2-3-4-5-14-6-8-15(9-7-14)18-13-12-17-11-10-16/h6-9H,2-5,10-13,16H2,1H3. The minimum Gasteiger partial charge on any atom is -0.491 e. The molecule has 0 aromatic heterocycles. The summed E-state index contributed by atoms with van der Waals surface area (Å²) in [5, 5.41) is 0. The summed E-state index contributed by atoms with van der Waals surface area (Å²) in [4.78, 5) is 0. The third-order valence-electron chi connectivity index (χ3n) is 2.75. The van der Waals surface area contributed by atoms with Gasteiger partial charge in [0.15, 0.2) is 0 Å². The van der Waals surface area contributed by atoms with Gasteiger partial charge in [-0.1, -0.05) is 31.9 Å². The van der Waals surface area contributed by atoms with E-state index in [0.29, 0.717) is 26.4 Å². The van der Waals surface area contributed by atoms with Gasteiger partial charge in [-0.2, -0.15) is 0 Å². The number of nitrogens with two attached hydrogens (primary N) is 1. The van der Waals surface area contributed by atoms with Crippen LogP contribution in [0.25, 0.3) is 0 Å². The van der Waals surface area contributed by atoms with Crippen molar-refractivity contribution in [3.05, 3.63) is 29.8 Å². The van der Waals surface area contributed by atoms with Crippen LogP contribution in [0.3, 0.4) is 0 Å². The molecule has 0 unspecified atom stereocenters. The number of rotatable bonds is 10. The fourth-order valence-corrected chi connectivity index (χ4v) is 1.74. The first kappa shape index (κ1) is 15.0. The van der Waals surface area contributed by atoms with Crippen molar-refractivity contribution in [1.29, 1.82) is 0 Å². The lowest BCUT2D eigenvalue weighted by Crippen LogP contribution is -2.13. The van der Waals surface area contributed by atoms with Gasteiger partial charge in [0, 0.05) is 6.54 Å². The average Bonchev–Trinajstić information content (AvgIpc) is 2.40.